The Bertz CT molecular complexity index is 811. The molecule has 1 aliphatic carbocycles. The van der Waals surface area contributed by atoms with Gasteiger partial charge in [0.25, 0.3) is 5.91 Å². The van der Waals surface area contributed by atoms with Crippen LogP contribution in [0.3, 0.4) is 0 Å². The Kier molecular flexibility index (Phi) is 5.46. The van der Waals surface area contributed by atoms with Crippen LogP contribution in [0.2, 0.25) is 0 Å². The van der Waals surface area contributed by atoms with E-state index in [1.807, 2.05) is 59.5 Å². The van der Waals surface area contributed by atoms with Crippen LogP contribution < -0.4 is 15.0 Å². The lowest BCUT2D eigenvalue weighted by molar-refractivity contribution is -0.132. The van der Waals surface area contributed by atoms with E-state index in [1.165, 1.54) is 0 Å². The van der Waals surface area contributed by atoms with Crippen molar-refractivity contribution in [3.63, 3.8) is 0 Å². The van der Waals surface area contributed by atoms with E-state index >= 15 is 0 Å². The van der Waals surface area contributed by atoms with Gasteiger partial charge in [0.05, 0.1) is 0 Å². The second-order valence-electron chi connectivity index (χ2n) is 7.28. The monoisotopic (exact) mass is 379 g/mol. The Balaban J connectivity index is 1.24. The summed E-state index contributed by atoms with van der Waals surface area (Å²) in [5, 5.41) is 2.85. The molecule has 0 unspecified atom stereocenters. The zero-order valence-corrected chi connectivity index (χ0v) is 15.8. The maximum atomic E-state index is 12.2. The number of nitrogens with one attached hydrogen (secondary N) is 1. The number of para-hydroxylation sites is 1. The lowest BCUT2D eigenvalue weighted by Crippen LogP contribution is -2.49. The van der Waals surface area contributed by atoms with Crippen LogP contribution in [-0.4, -0.2) is 49.5 Å². The fraction of sp³-hybridized carbons (Fsp3) is 0.364. The van der Waals surface area contributed by atoms with Gasteiger partial charge in [0.1, 0.15) is 5.75 Å². The first-order valence-electron chi connectivity index (χ1n) is 9.80. The Morgan fingerprint density at radius 2 is 1.61 bits per heavy atom. The van der Waals surface area contributed by atoms with Crippen molar-refractivity contribution >= 4 is 23.2 Å². The van der Waals surface area contributed by atoms with Gasteiger partial charge in [0, 0.05) is 43.5 Å². The maximum Gasteiger partial charge on any atom is 0.262 e. The number of hydrogen-bond acceptors (Lipinski definition) is 4. The molecular weight excluding hydrogens is 354 g/mol. The minimum atomic E-state index is -0.191. The van der Waals surface area contributed by atoms with Crippen molar-refractivity contribution < 1.29 is 14.3 Å². The number of amides is 2. The average Bonchev–Trinajstić information content (AvgIpc) is 3.59. The first kappa shape index (κ1) is 18.3. The summed E-state index contributed by atoms with van der Waals surface area (Å²) in [4.78, 5) is 28.5. The minimum Gasteiger partial charge on any atom is -0.484 e. The number of ether oxygens (including phenoxy) is 1. The molecular formula is C22H25N3O3. The van der Waals surface area contributed by atoms with Gasteiger partial charge in [-0.3, -0.25) is 9.59 Å². The molecule has 0 bridgehead atoms. The van der Waals surface area contributed by atoms with Gasteiger partial charge in [-0.05, 0) is 49.2 Å². The van der Waals surface area contributed by atoms with Crippen molar-refractivity contribution in [3.05, 3.63) is 54.6 Å². The predicted molar refractivity (Wildman–Crippen MR) is 109 cm³/mol. The summed E-state index contributed by atoms with van der Waals surface area (Å²) < 4.78 is 5.46. The fourth-order valence-electron chi connectivity index (χ4n) is 3.39. The van der Waals surface area contributed by atoms with Crippen LogP contribution in [0.5, 0.6) is 5.75 Å². The number of rotatable bonds is 6. The zero-order valence-electron chi connectivity index (χ0n) is 15.8. The smallest absolute Gasteiger partial charge is 0.262 e. The van der Waals surface area contributed by atoms with E-state index in [4.69, 9.17) is 4.74 Å². The highest BCUT2D eigenvalue weighted by molar-refractivity contribution is 5.92. The minimum absolute atomic E-state index is 0.0251. The number of hydrogen-bond donors (Lipinski definition) is 1. The SMILES string of the molecule is O=C(COc1ccccc1)Nc1ccc(N2CCN(C(=O)C3CC3)CC2)cc1. The van der Waals surface area contributed by atoms with E-state index in [-0.39, 0.29) is 12.5 Å². The summed E-state index contributed by atoms with van der Waals surface area (Å²) >= 11 is 0. The lowest BCUT2D eigenvalue weighted by Gasteiger charge is -2.36. The molecule has 4 rings (SSSR count). The van der Waals surface area contributed by atoms with Crippen molar-refractivity contribution in [1.29, 1.82) is 0 Å². The molecule has 2 amide bonds. The Labute approximate surface area is 165 Å². The summed E-state index contributed by atoms with van der Waals surface area (Å²) in [5.41, 5.74) is 1.85. The molecule has 2 fully saturated rings. The van der Waals surface area contributed by atoms with Gasteiger partial charge in [-0.1, -0.05) is 18.2 Å². The van der Waals surface area contributed by atoms with E-state index in [1.54, 1.807) is 0 Å². The van der Waals surface area contributed by atoms with Gasteiger partial charge >= 0.3 is 0 Å². The van der Waals surface area contributed by atoms with E-state index in [0.29, 0.717) is 17.6 Å². The molecule has 146 valence electrons. The summed E-state index contributed by atoms with van der Waals surface area (Å²) in [7, 11) is 0. The lowest BCUT2D eigenvalue weighted by atomic mass is 10.2. The molecule has 6 nitrogen and oxygen atoms in total. The number of anilines is 2. The third-order valence-corrected chi connectivity index (χ3v) is 5.15. The zero-order chi connectivity index (χ0) is 19.3. The van der Waals surface area contributed by atoms with Crippen molar-refractivity contribution in [1.82, 2.24) is 4.90 Å². The molecule has 1 N–H and O–H groups in total. The molecule has 2 aromatic carbocycles. The van der Waals surface area contributed by atoms with Crippen LogP contribution >= 0.6 is 0 Å². The summed E-state index contributed by atoms with van der Waals surface area (Å²) in [5.74, 6) is 1.10. The number of carbonyl (C=O) groups excluding carboxylic acids is 2. The molecule has 1 aliphatic heterocycles. The normalized spacial score (nSPS) is 16.6. The van der Waals surface area contributed by atoms with Gasteiger partial charge in [0.2, 0.25) is 5.91 Å². The first-order chi connectivity index (χ1) is 13.7. The molecule has 1 saturated heterocycles. The summed E-state index contributed by atoms with van der Waals surface area (Å²) in [6, 6.07) is 17.1. The standard InChI is InChI=1S/C22H25N3O3/c26-21(16-28-20-4-2-1-3-5-20)23-18-8-10-19(11-9-18)24-12-14-25(15-13-24)22(27)17-6-7-17/h1-5,8-11,17H,6-7,12-16H2,(H,23,26). The van der Waals surface area contributed by atoms with E-state index < -0.39 is 0 Å². The Morgan fingerprint density at radius 3 is 2.25 bits per heavy atom. The molecule has 0 radical (unpaired) electrons. The maximum absolute atomic E-state index is 12.2. The summed E-state index contributed by atoms with van der Waals surface area (Å²) in [6.45, 7) is 3.22. The van der Waals surface area contributed by atoms with Crippen LogP contribution in [0.4, 0.5) is 11.4 Å². The van der Waals surface area contributed by atoms with E-state index in [2.05, 4.69) is 10.2 Å². The van der Waals surface area contributed by atoms with E-state index in [0.717, 1.165) is 50.4 Å². The Hall–Kier alpha value is -3.02. The molecule has 1 heterocycles. The van der Waals surface area contributed by atoms with Gasteiger partial charge in [-0.2, -0.15) is 0 Å². The topological polar surface area (TPSA) is 61.9 Å². The van der Waals surface area contributed by atoms with E-state index in [9.17, 15) is 9.59 Å². The number of carbonyl (C=O) groups is 2. The average molecular weight is 379 g/mol. The highest BCUT2D eigenvalue weighted by Crippen LogP contribution is 2.31. The molecule has 6 heteroatoms. The quantitative estimate of drug-likeness (QED) is 0.838. The van der Waals surface area contributed by atoms with Crippen LogP contribution in [0.25, 0.3) is 0 Å². The molecule has 0 spiro atoms. The van der Waals surface area contributed by atoms with Crippen LogP contribution in [0.1, 0.15) is 12.8 Å². The third-order valence-electron chi connectivity index (χ3n) is 5.15. The predicted octanol–water partition coefficient (Wildman–Crippen LogP) is 2.76. The van der Waals surface area contributed by atoms with Gasteiger partial charge in [-0.15, -0.1) is 0 Å². The molecule has 1 saturated carbocycles. The highest BCUT2D eigenvalue weighted by atomic mass is 16.5. The molecule has 2 aliphatic rings. The number of nitrogens with zero attached hydrogens (tertiary/aromatic N) is 2. The van der Waals surface area contributed by atoms with Crippen molar-refractivity contribution in [2.75, 3.05) is 43.0 Å². The van der Waals surface area contributed by atoms with Crippen molar-refractivity contribution in [2.45, 2.75) is 12.8 Å². The van der Waals surface area contributed by atoms with Crippen molar-refractivity contribution in [2.24, 2.45) is 5.92 Å². The largest absolute Gasteiger partial charge is 0.484 e. The number of piperazine rings is 1. The first-order valence-corrected chi connectivity index (χ1v) is 9.80. The second-order valence-corrected chi connectivity index (χ2v) is 7.28. The molecule has 28 heavy (non-hydrogen) atoms. The third kappa shape index (κ3) is 4.63. The van der Waals surface area contributed by atoms with Crippen LogP contribution in [0.15, 0.2) is 54.6 Å². The highest BCUT2D eigenvalue weighted by Gasteiger charge is 2.34. The molecule has 0 aromatic heterocycles. The van der Waals surface area contributed by atoms with Crippen LogP contribution in [-0.2, 0) is 9.59 Å². The number of benzene rings is 2. The van der Waals surface area contributed by atoms with Gasteiger partial charge < -0.3 is 19.9 Å². The van der Waals surface area contributed by atoms with Gasteiger partial charge in [-0.25, -0.2) is 0 Å². The molecule has 0 atom stereocenters. The Morgan fingerprint density at radius 1 is 0.929 bits per heavy atom. The second kappa shape index (κ2) is 8.33. The van der Waals surface area contributed by atoms with Crippen molar-refractivity contribution in [3.8, 4) is 5.75 Å². The van der Waals surface area contributed by atoms with Gasteiger partial charge in [0.15, 0.2) is 6.61 Å². The fourth-order valence-corrected chi connectivity index (χ4v) is 3.39. The van der Waals surface area contributed by atoms with Crippen LogP contribution in [0, 0.1) is 5.92 Å². The molecule has 2 aromatic rings. The summed E-state index contributed by atoms with van der Waals surface area (Å²) in [6.07, 6.45) is 2.12.